The molecule has 1 fully saturated rings. The maximum absolute atomic E-state index is 5.91. The molecule has 0 bridgehead atoms. The zero-order valence-electron chi connectivity index (χ0n) is 16.3. The molecule has 144 valence electrons. The average Bonchev–Trinajstić information content (AvgIpc) is 2.69. The van der Waals surface area contributed by atoms with Crippen LogP contribution in [0, 0.1) is 0 Å². The number of piperidine rings is 1. The van der Waals surface area contributed by atoms with E-state index in [2.05, 4.69) is 88.4 Å². The third kappa shape index (κ3) is 6.20. The quantitative estimate of drug-likeness (QED) is 0.571. The smallest absolute Gasteiger partial charge is 0.120 e. The Bertz CT molecular complexity index is 734. The topological polar surface area (TPSA) is 15.7 Å². The largest absolute Gasteiger partial charge is 0.490 e. The van der Waals surface area contributed by atoms with Gasteiger partial charge in [0.1, 0.15) is 12.4 Å². The first-order valence-corrected chi connectivity index (χ1v) is 10.4. The van der Waals surface area contributed by atoms with E-state index in [9.17, 15) is 0 Å². The third-order valence-corrected chi connectivity index (χ3v) is 5.70. The van der Waals surface area contributed by atoms with Crippen LogP contribution in [0.2, 0.25) is 0 Å². The lowest BCUT2D eigenvalue weighted by Gasteiger charge is -2.34. The molecule has 1 aliphatic heterocycles. The Labute approximate surface area is 171 Å². The predicted octanol–water partition coefficient (Wildman–Crippen LogP) is 5.08. The molecule has 0 N–H and O–H groups in total. The fraction of sp³-hybridized carbons (Fsp3) is 0.391. The fourth-order valence-corrected chi connectivity index (χ4v) is 3.73. The Kier molecular flexibility index (Phi) is 7.50. The summed E-state index contributed by atoms with van der Waals surface area (Å²) in [4.78, 5) is 4.87. The highest BCUT2D eigenvalue weighted by molar-refractivity contribution is 9.10. The van der Waals surface area contributed by atoms with Gasteiger partial charge in [0, 0.05) is 17.1 Å². The van der Waals surface area contributed by atoms with Gasteiger partial charge in [-0.25, -0.2) is 0 Å². The van der Waals surface area contributed by atoms with Gasteiger partial charge in [-0.15, -0.1) is 0 Å². The molecule has 1 heterocycles. The minimum Gasteiger partial charge on any atom is -0.490 e. The van der Waals surface area contributed by atoms with Crippen LogP contribution in [-0.2, 0) is 0 Å². The normalized spacial score (nSPS) is 16.3. The predicted molar refractivity (Wildman–Crippen MR) is 117 cm³/mol. The summed E-state index contributed by atoms with van der Waals surface area (Å²) >= 11 is 3.48. The Morgan fingerprint density at radius 1 is 1.04 bits per heavy atom. The van der Waals surface area contributed by atoms with E-state index in [0.717, 1.165) is 22.8 Å². The lowest BCUT2D eigenvalue weighted by Crippen LogP contribution is -2.41. The first-order valence-electron chi connectivity index (χ1n) is 9.64. The van der Waals surface area contributed by atoms with Crippen molar-refractivity contribution < 1.29 is 4.74 Å². The van der Waals surface area contributed by atoms with Crippen molar-refractivity contribution >= 4 is 15.9 Å². The van der Waals surface area contributed by atoms with Crippen LogP contribution >= 0.6 is 15.9 Å². The zero-order chi connectivity index (χ0) is 19.1. The first kappa shape index (κ1) is 20.1. The number of hydrogen-bond donors (Lipinski definition) is 0. The zero-order valence-corrected chi connectivity index (χ0v) is 17.9. The average molecular weight is 429 g/mol. The first-order chi connectivity index (χ1) is 13.1. The second-order valence-electron chi connectivity index (χ2n) is 7.31. The van der Waals surface area contributed by atoms with E-state index in [1.807, 2.05) is 12.1 Å². The molecule has 3 rings (SSSR count). The Morgan fingerprint density at radius 3 is 2.48 bits per heavy atom. The van der Waals surface area contributed by atoms with E-state index < -0.39 is 0 Å². The molecule has 0 saturated carbocycles. The molecule has 0 aromatic heterocycles. The summed E-state index contributed by atoms with van der Waals surface area (Å²) in [7, 11) is 4.37. The maximum atomic E-state index is 5.91. The van der Waals surface area contributed by atoms with E-state index in [1.54, 1.807) is 0 Å². The lowest BCUT2D eigenvalue weighted by atomic mass is 10.0. The highest BCUT2D eigenvalue weighted by Crippen LogP contribution is 2.25. The number of benzene rings is 2. The van der Waals surface area contributed by atoms with Crippen molar-refractivity contribution in [1.82, 2.24) is 9.80 Å². The third-order valence-electron chi connectivity index (χ3n) is 5.18. The molecule has 0 unspecified atom stereocenters. The summed E-state index contributed by atoms with van der Waals surface area (Å²) in [6.07, 6.45) is 6.89. The molecule has 4 heteroatoms. The summed E-state index contributed by atoms with van der Waals surface area (Å²) in [5.41, 5.74) is 2.37. The van der Waals surface area contributed by atoms with Gasteiger partial charge in [-0.1, -0.05) is 52.3 Å². The molecule has 0 atom stereocenters. The SMILES string of the molecule is CN(C)C1CCN(CC=CCOc2cccc(-c3ccc(Br)cc3)c2)CC1. The lowest BCUT2D eigenvalue weighted by molar-refractivity contribution is 0.155. The van der Waals surface area contributed by atoms with Gasteiger partial charge in [0.2, 0.25) is 0 Å². The van der Waals surface area contributed by atoms with Crippen LogP contribution in [0.1, 0.15) is 12.8 Å². The Morgan fingerprint density at radius 2 is 1.78 bits per heavy atom. The van der Waals surface area contributed by atoms with Crippen LogP contribution in [0.4, 0.5) is 0 Å². The highest BCUT2D eigenvalue weighted by Gasteiger charge is 2.19. The van der Waals surface area contributed by atoms with Gasteiger partial charge >= 0.3 is 0 Å². The van der Waals surface area contributed by atoms with Crippen molar-refractivity contribution in [2.75, 3.05) is 40.3 Å². The van der Waals surface area contributed by atoms with Gasteiger partial charge < -0.3 is 9.64 Å². The van der Waals surface area contributed by atoms with Crippen molar-refractivity contribution in [3.63, 3.8) is 0 Å². The van der Waals surface area contributed by atoms with Crippen LogP contribution in [0.15, 0.2) is 65.2 Å². The molecular formula is C23H29BrN2O. The number of rotatable bonds is 7. The molecule has 1 aliphatic rings. The number of halogens is 1. The highest BCUT2D eigenvalue weighted by atomic mass is 79.9. The molecule has 1 saturated heterocycles. The number of hydrogen-bond acceptors (Lipinski definition) is 3. The summed E-state index contributed by atoms with van der Waals surface area (Å²) in [5.74, 6) is 0.909. The fourth-order valence-electron chi connectivity index (χ4n) is 3.46. The summed E-state index contributed by atoms with van der Waals surface area (Å²) in [6.45, 7) is 3.99. The van der Waals surface area contributed by atoms with Gasteiger partial charge in [-0.05, 0) is 75.4 Å². The second kappa shape index (κ2) is 10.1. The van der Waals surface area contributed by atoms with Crippen LogP contribution < -0.4 is 4.74 Å². The number of likely N-dealkylation sites (tertiary alicyclic amines) is 1. The van der Waals surface area contributed by atoms with Crippen LogP contribution in [0.25, 0.3) is 11.1 Å². The molecule has 27 heavy (non-hydrogen) atoms. The molecule has 0 aliphatic carbocycles. The van der Waals surface area contributed by atoms with Gasteiger partial charge in [-0.3, -0.25) is 4.90 Å². The molecule has 3 nitrogen and oxygen atoms in total. The van der Waals surface area contributed by atoms with E-state index >= 15 is 0 Å². The van der Waals surface area contributed by atoms with E-state index in [1.165, 1.54) is 37.1 Å². The summed E-state index contributed by atoms with van der Waals surface area (Å²) in [6, 6.07) is 17.4. The number of ether oxygens (including phenoxy) is 1. The van der Waals surface area contributed by atoms with Crippen molar-refractivity contribution in [3.05, 3.63) is 65.2 Å². The van der Waals surface area contributed by atoms with Crippen LogP contribution in [0.5, 0.6) is 5.75 Å². The van der Waals surface area contributed by atoms with Crippen LogP contribution in [0.3, 0.4) is 0 Å². The van der Waals surface area contributed by atoms with Crippen molar-refractivity contribution in [2.45, 2.75) is 18.9 Å². The summed E-state index contributed by atoms with van der Waals surface area (Å²) in [5, 5.41) is 0. The number of nitrogens with zero attached hydrogens (tertiary/aromatic N) is 2. The Balaban J connectivity index is 1.43. The van der Waals surface area contributed by atoms with Gasteiger partial charge in [0.25, 0.3) is 0 Å². The van der Waals surface area contributed by atoms with Crippen molar-refractivity contribution in [1.29, 1.82) is 0 Å². The summed E-state index contributed by atoms with van der Waals surface area (Å²) < 4.78 is 7.00. The molecule has 0 amide bonds. The molecule has 0 spiro atoms. The van der Waals surface area contributed by atoms with Crippen molar-refractivity contribution in [2.24, 2.45) is 0 Å². The van der Waals surface area contributed by atoms with E-state index in [-0.39, 0.29) is 0 Å². The Hall–Kier alpha value is -1.62. The second-order valence-corrected chi connectivity index (χ2v) is 8.23. The molecular weight excluding hydrogens is 400 g/mol. The van der Waals surface area contributed by atoms with Gasteiger partial charge in [0.05, 0.1) is 0 Å². The van der Waals surface area contributed by atoms with Crippen LogP contribution in [-0.4, -0.2) is 56.2 Å². The molecule has 2 aromatic rings. The van der Waals surface area contributed by atoms with E-state index in [0.29, 0.717) is 6.61 Å². The standard InChI is InChI=1S/C23H29BrN2O/c1-25(2)22-12-15-26(16-13-22)14-3-4-17-27-23-7-5-6-20(18-23)19-8-10-21(24)11-9-19/h3-11,18,22H,12-17H2,1-2H3. The maximum Gasteiger partial charge on any atom is 0.120 e. The minimum absolute atomic E-state index is 0.609. The molecule has 0 radical (unpaired) electrons. The van der Waals surface area contributed by atoms with Crippen molar-refractivity contribution in [3.8, 4) is 16.9 Å². The molecule has 2 aromatic carbocycles. The van der Waals surface area contributed by atoms with Gasteiger partial charge in [-0.2, -0.15) is 0 Å². The monoisotopic (exact) mass is 428 g/mol. The minimum atomic E-state index is 0.609. The van der Waals surface area contributed by atoms with E-state index in [4.69, 9.17) is 4.74 Å². The van der Waals surface area contributed by atoms with Gasteiger partial charge in [0.15, 0.2) is 0 Å².